The summed E-state index contributed by atoms with van der Waals surface area (Å²) in [5, 5.41) is 3.03. The smallest absolute Gasteiger partial charge is 0.419 e. The first-order valence-electron chi connectivity index (χ1n) is 21.7. The van der Waals surface area contributed by atoms with Gasteiger partial charge in [-0.2, -0.15) is 0 Å². The van der Waals surface area contributed by atoms with Crippen molar-refractivity contribution in [3.63, 3.8) is 0 Å². The maximum Gasteiger partial charge on any atom is 0.419 e. The normalized spacial score (nSPS) is 18.4. The van der Waals surface area contributed by atoms with Crippen LogP contribution in [0.5, 0.6) is 0 Å². The molecule has 3 saturated heterocycles. The lowest BCUT2D eigenvalue weighted by Gasteiger charge is -2.38. The summed E-state index contributed by atoms with van der Waals surface area (Å²) in [6.45, 7) is 11.1. The number of carbonyl (C=O) groups is 5. The molecule has 0 aliphatic carbocycles. The van der Waals surface area contributed by atoms with Crippen LogP contribution in [0.25, 0.3) is 11.1 Å². The Hall–Kier alpha value is -5.38. The highest BCUT2D eigenvalue weighted by atomic mass is 16.6. The number of anilines is 1. The summed E-state index contributed by atoms with van der Waals surface area (Å²) in [6, 6.07) is 11.4. The van der Waals surface area contributed by atoms with E-state index in [9.17, 15) is 28.8 Å². The molecule has 340 valence electrons. The Kier molecular flexibility index (Phi) is 16.6. The number of likely N-dealkylation sites (tertiary alicyclic amines) is 3. The molecule has 0 spiro atoms. The van der Waals surface area contributed by atoms with Crippen molar-refractivity contribution in [2.45, 2.75) is 91.7 Å². The number of nitrogens with one attached hydrogen (secondary N) is 1. The molecule has 1 N–H and O–H groups in total. The third-order valence-electron chi connectivity index (χ3n) is 12.6. The zero-order valence-electron chi connectivity index (χ0n) is 36.7. The second kappa shape index (κ2) is 21.6. The van der Waals surface area contributed by atoms with Crippen LogP contribution in [0, 0.1) is 18.8 Å². The molecular formula is C46H67N7O9. The number of piperidine rings is 3. The molecule has 4 aliphatic rings. The van der Waals surface area contributed by atoms with E-state index in [1.54, 1.807) is 37.0 Å². The third-order valence-corrected chi connectivity index (χ3v) is 12.6. The molecular weight excluding hydrogens is 795 g/mol. The Balaban J connectivity index is 0.000000341. The molecule has 3 aromatic rings. The van der Waals surface area contributed by atoms with Gasteiger partial charge >= 0.3 is 23.8 Å². The van der Waals surface area contributed by atoms with E-state index in [4.69, 9.17) is 13.9 Å². The van der Waals surface area contributed by atoms with Crippen LogP contribution in [0.4, 0.5) is 15.3 Å². The number of fused-ring (bicyclic) bond motifs is 2. The van der Waals surface area contributed by atoms with Gasteiger partial charge in [-0.3, -0.25) is 23.9 Å². The number of oxazole rings is 1. The number of hydrogen-bond donors (Lipinski definition) is 1. The van der Waals surface area contributed by atoms with E-state index in [0.29, 0.717) is 69.1 Å². The summed E-state index contributed by atoms with van der Waals surface area (Å²) in [4.78, 5) is 83.9. The summed E-state index contributed by atoms with van der Waals surface area (Å²) in [5.41, 5.74) is 4.72. The minimum absolute atomic E-state index is 0. The maximum atomic E-state index is 13.8. The number of urea groups is 1. The average molecular weight is 862 g/mol. The molecule has 62 heavy (non-hydrogen) atoms. The summed E-state index contributed by atoms with van der Waals surface area (Å²) >= 11 is 0. The second-order valence-electron chi connectivity index (χ2n) is 17.4. The Bertz CT molecular complexity index is 2090. The lowest BCUT2D eigenvalue weighted by molar-refractivity contribution is -0.152. The Labute approximate surface area is 365 Å². The number of para-hydroxylation sites is 1. The fourth-order valence-electron chi connectivity index (χ4n) is 8.54. The molecule has 16 nitrogen and oxygen atoms in total. The van der Waals surface area contributed by atoms with Crippen LogP contribution in [0.1, 0.15) is 76.5 Å². The van der Waals surface area contributed by atoms with E-state index in [1.165, 1.54) is 9.47 Å². The first-order chi connectivity index (χ1) is 29.2. The highest BCUT2D eigenvalue weighted by molar-refractivity contribution is 5.91. The summed E-state index contributed by atoms with van der Waals surface area (Å²) in [5.74, 6) is 0.145. The monoisotopic (exact) mass is 862 g/mol. The fourth-order valence-corrected chi connectivity index (χ4v) is 8.54. The lowest BCUT2D eigenvalue weighted by Crippen LogP contribution is -2.51. The number of aryl methyl sites for hydroxylation is 2. The van der Waals surface area contributed by atoms with E-state index >= 15 is 0 Å². The van der Waals surface area contributed by atoms with Gasteiger partial charge in [-0.15, -0.1) is 0 Å². The number of ether oxygens (including phenoxy) is 2. The zero-order valence-corrected chi connectivity index (χ0v) is 36.7. The number of likely N-dealkylation sites (N-methyl/N-ethyl adjacent to an activating group) is 1. The van der Waals surface area contributed by atoms with Crippen molar-refractivity contribution in [3.05, 3.63) is 63.6 Å². The molecule has 4 aliphatic heterocycles. The summed E-state index contributed by atoms with van der Waals surface area (Å²) in [7, 11) is 4.94. The number of benzene rings is 2. The zero-order chi connectivity index (χ0) is 43.8. The van der Waals surface area contributed by atoms with Crippen molar-refractivity contribution >= 4 is 46.7 Å². The predicted molar refractivity (Wildman–Crippen MR) is 237 cm³/mol. The molecule has 7 rings (SSSR count). The van der Waals surface area contributed by atoms with Gasteiger partial charge in [-0.25, -0.2) is 14.4 Å². The minimum Gasteiger partial charge on any atom is -0.455 e. The number of amides is 5. The van der Waals surface area contributed by atoms with E-state index in [2.05, 4.69) is 24.1 Å². The van der Waals surface area contributed by atoms with Crippen LogP contribution in [-0.4, -0.2) is 144 Å². The van der Waals surface area contributed by atoms with Gasteiger partial charge in [0.2, 0.25) is 0 Å². The predicted octanol–water partition coefficient (Wildman–Crippen LogP) is 5.29. The van der Waals surface area contributed by atoms with Gasteiger partial charge < -0.3 is 38.8 Å². The number of hydrogen-bond acceptors (Lipinski definition) is 10. The standard InChI is InChI=1S/C33H41N5O6.C12H22N2O3.CH4/c1-21-8-13-36(14-9-21)30(39)28(20-23-18-22(2)29-27(19-23)43-32(41)35(29)3)44-33(42)37-15-11-25(12-16-37)38-17-10-24-6-4-5-7-26(24)34-31(38)40;1-10-4-6-14(7-5-10)8-12(16)17-9-11(15)13(2)3;/h4-7,18-19,21,25,28H,8-17,20H2,1-3H3,(H,34,40);10H,4-9H2,1-3H3;1H4/t28-;;/m1../s1. The second-order valence-corrected chi connectivity index (χ2v) is 17.4. The Morgan fingerprint density at radius 2 is 1.50 bits per heavy atom. The highest BCUT2D eigenvalue weighted by Crippen LogP contribution is 2.27. The van der Waals surface area contributed by atoms with Crippen LogP contribution < -0.4 is 11.1 Å². The molecule has 5 heterocycles. The first-order valence-corrected chi connectivity index (χ1v) is 21.7. The van der Waals surface area contributed by atoms with Gasteiger partial charge in [-0.05, 0) is 106 Å². The van der Waals surface area contributed by atoms with E-state index in [-0.39, 0.29) is 50.3 Å². The third kappa shape index (κ3) is 12.2. The molecule has 1 aromatic heterocycles. The number of esters is 1. The highest BCUT2D eigenvalue weighted by Gasteiger charge is 2.35. The van der Waals surface area contributed by atoms with Crippen molar-refractivity contribution in [2.24, 2.45) is 18.9 Å². The number of nitrogens with zero attached hydrogens (tertiary/aromatic N) is 6. The molecule has 1 atom stereocenters. The van der Waals surface area contributed by atoms with Crippen molar-refractivity contribution < 1.29 is 37.9 Å². The van der Waals surface area contributed by atoms with Gasteiger partial charge in [0.25, 0.3) is 11.8 Å². The van der Waals surface area contributed by atoms with E-state index in [0.717, 1.165) is 73.5 Å². The summed E-state index contributed by atoms with van der Waals surface area (Å²) in [6.07, 6.45) is 4.76. The van der Waals surface area contributed by atoms with Gasteiger partial charge in [0.05, 0.1) is 12.1 Å². The molecule has 16 heteroatoms. The molecule has 2 aromatic carbocycles. The molecule has 0 saturated carbocycles. The van der Waals surface area contributed by atoms with Gasteiger partial charge in [0.1, 0.15) is 0 Å². The lowest BCUT2D eigenvalue weighted by atomic mass is 9.98. The Morgan fingerprint density at radius 3 is 2.16 bits per heavy atom. The first kappa shape index (κ1) is 47.7. The molecule has 3 fully saturated rings. The van der Waals surface area contributed by atoms with Crippen LogP contribution >= 0.6 is 0 Å². The Morgan fingerprint density at radius 1 is 0.871 bits per heavy atom. The molecule has 0 unspecified atom stereocenters. The van der Waals surface area contributed by atoms with Crippen LogP contribution in [-0.2, 0) is 43.7 Å². The van der Waals surface area contributed by atoms with E-state index < -0.39 is 18.0 Å². The quantitative estimate of drug-likeness (QED) is 0.280. The number of aromatic nitrogens is 1. The van der Waals surface area contributed by atoms with Gasteiger partial charge in [0.15, 0.2) is 18.3 Å². The summed E-state index contributed by atoms with van der Waals surface area (Å²) < 4.78 is 17.8. The van der Waals surface area contributed by atoms with Crippen molar-refractivity contribution in [1.82, 2.24) is 29.1 Å². The van der Waals surface area contributed by atoms with Crippen molar-refractivity contribution in [1.29, 1.82) is 0 Å². The van der Waals surface area contributed by atoms with Crippen LogP contribution in [0.2, 0.25) is 0 Å². The average Bonchev–Trinajstić information content (AvgIpc) is 3.42. The van der Waals surface area contributed by atoms with E-state index in [1.807, 2.05) is 42.2 Å². The molecule has 5 amide bonds. The van der Waals surface area contributed by atoms with Crippen molar-refractivity contribution in [3.8, 4) is 0 Å². The van der Waals surface area contributed by atoms with Gasteiger partial charge in [-0.1, -0.05) is 45.5 Å². The number of carbonyl (C=O) groups excluding carboxylic acids is 5. The molecule has 0 radical (unpaired) electrons. The topological polar surface area (TPSA) is 167 Å². The number of rotatable bonds is 9. The fraction of sp³-hybridized carbons (Fsp3) is 0.609. The van der Waals surface area contributed by atoms with Gasteiger partial charge in [0, 0.05) is 72.0 Å². The van der Waals surface area contributed by atoms with Crippen molar-refractivity contribution in [2.75, 3.05) is 78.4 Å². The van der Waals surface area contributed by atoms with Crippen LogP contribution in [0.15, 0.2) is 45.6 Å². The maximum absolute atomic E-state index is 13.8. The molecule has 0 bridgehead atoms. The SMILES string of the molecule is C.CC1CCN(CC(=O)OCC(=O)N(C)C)CC1.Cc1cc(C[C@@H](OC(=O)N2CCC(N3CCc4ccccc4NC3=O)CC2)C(=O)N2CCC(C)CC2)cc2oc(=O)n(C)c12. The largest absolute Gasteiger partial charge is 0.455 e. The van der Waals surface area contributed by atoms with Crippen LogP contribution in [0.3, 0.4) is 0 Å². The minimum atomic E-state index is -1.00.